The molecule has 0 saturated carbocycles. The molecule has 0 fully saturated rings. The van der Waals surface area contributed by atoms with Gasteiger partial charge in [0.05, 0.1) is 12.6 Å². The average Bonchev–Trinajstić information content (AvgIpc) is 2.46. The molecule has 23 heavy (non-hydrogen) atoms. The van der Waals surface area contributed by atoms with Crippen LogP contribution in [0.1, 0.15) is 36.1 Å². The molecule has 0 aliphatic carbocycles. The number of amides is 2. The first kappa shape index (κ1) is 19.2. The first-order chi connectivity index (χ1) is 10.7. The fourth-order valence-electron chi connectivity index (χ4n) is 2.58. The van der Waals surface area contributed by atoms with Gasteiger partial charge < -0.3 is 16.4 Å². The summed E-state index contributed by atoms with van der Waals surface area (Å²) in [6, 6.07) is 3.72. The molecule has 0 aliphatic heterocycles. The maximum Gasteiger partial charge on any atom is 0.239 e. The molecule has 1 aromatic carbocycles. The van der Waals surface area contributed by atoms with Crippen molar-refractivity contribution in [3.63, 3.8) is 0 Å². The zero-order valence-electron chi connectivity index (χ0n) is 14.8. The lowest BCUT2D eigenvalue weighted by atomic mass is 9.97. The van der Waals surface area contributed by atoms with Gasteiger partial charge in [0.15, 0.2) is 0 Å². The third-order valence-corrected chi connectivity index (χ3v) is 3.98. The first-order valence-electron chi connectivity index (χ1n) is 8.09. The van der Waals surface area contributed by atoms with Crippen LogP contribution in [-0.2, 0) is 16.0 Å². The Morgan fingerprint density at radius 2 is 1.65 bits per heavy atom. The Labute approximate surface area is 139 Å². The SMILES string of the molecule is Cc1cc(C)c(CCNC(=O)CNC(=O)[C@@H](N)C(C)C)c(C)c1. The van der Waals surface area contributed by atoms with Crippen LogP contribution in [0.2, 0.25) is 0 Å². The van der Waals surface area contributed by atoms with Crippen LogP contribution in [0.3, 0.4) is 0 Å². The number of hydrogen-bond acceptors (Lipinski definition) is 3. The number of benzene rings is 1. The molecule has 0 aromatic heterocycles. The van der Waals surface area contributed by atoms with Gasteiger partial charge in [-0.05, 0) is 49.8 Å². The lowest BCUT2D eigenvalue weighted by Crippen LogP contribution is -2.47. The van der Waals surface area contributed by atoms with Crippen molar-refractivity contribution < 1.29 is 9.59 Å². The standard InChI is InChI=1S/C18H29N3O2/c1-11(2)17(19)18(23)21-10-16(22)20-7-6-15-13(4)8-12(3)9-14(15)5/h8-9,11,17H,6-7,10,19H2,1-5H3,(H,20,22)(H,21,23)/t17-/m0/s1. The highest BCUT2D eigenvalue weighted by molar-refractivity contribution is 5.87. The van der Waals surface area contributed by atoms with E-state index in [0.29, 0.717) is 6.54 Å². The summed E-state index contributed by atoms with van der Waals surface area (Å²) < 4.78 is 0. The van der Waals surface area contributed by atoms with Crippen molar-refractivity contribution in [3.8, 4) is 0 Å². The molecule has 0 heterocycles. The Morgan fingerprint density at radius 3 is 2.17 bits per heavy atom. The third kappa shape index (κ3) is 6.02. The van der Waals surface area contributed by atoms with Gasteiger partial charge in [0, 0.05) is 6.54 Å². The molecule has 2 amide bonds. The lowest BCUT2D eigenvalue weighted by Gasteiger charge is -2.15. The second-order valence-corrected chi connectivity index (χ2v) is 6.46. The molecule has 1 aromatic rings. The normalized spacial score (nSPS) is 12.1. The van der Waals surface area contributed by atoms with E-state index in [-0.39, 0.29) is 24.3 Å². The van der Waals surface area contributed by atoms with Crippen LogP contribution in [0, 0.1) is 26.7 Å². The summed E-state index contributed by atoms with van der Waals surface area (Å²) in [7, 11) is 0. The van der Waals surface area contributed by atoms with Gasteiger partial charge in [0.1, 0.15) is 0 Å². The Kier molecular flexibility index (Phi) is 7.23. The quantitative estimate of drug-likeness (QED) is 0.710. The van der Waals surface area contributed by atoms with Crippen molar-refractivity contribution in [1.29, 1.82) is 0 Å². The van der Waals surface area contributed by atoms with Crippen LogP contribution >= 0.6 is 0 Å². The molecule has 5 nitrogen and oxygen atoms in total. The van der Waals surface area contributed by atoms with Crippen molar-refractivity contribution in [3.05, 3.63) is 34.4 Å². The van der Waals surface area contributed by atoms with Crippen molar-refractivity contribution in [1.82, 2.24) is 10.6 Å². The lowest BCUT2D eigenvalue weighted by molar-refractivity contribution is -0.127. The molecule has 128 valence electrons. The molecule has 0 aliphatic rings. The Balaban J connectivity index is 2.39. The van der Waals surface area contributed by atoms with Crippen LogP contribution in [0.25, 0.3) is 0 Å². The van der Waals surface area contributed by atoms with E-state index in [2.05, 4.69) is 43.5 Å². The highest BCUT2D eigenvalue weighted by atomic mass is 16.2. The van der Waals surface area contributed by atoms with E-state index in [1.807, 2.05) is 13.8 Å². The molecule has 1 rings (SSSR count). The summed E-state index contributed by atoms with van der Waals surface area (Å²) in [5.74, 6) is -0.442. The Bertz CT molecular complexity index is 544. The van der Waals surface area contributed by atoms with Crippen LogP contribution in [-0.4, -0.2) is 30.9 Å². The highest BCUT2D eigenvalue weighted by Crippen LogP contribution is 2.16. The molecule has 1 atom stereocenters. The number of hydrogen-bond donors (Lipinski definition) is 3. The number of carbonyl (C=O) groups excluding carboxylic acids is 2. The summed E-state index contributed by atoms with van der Waals surface area (Å²) in [6.45, 7) is 10.5. The summed E-state index contributed by atoms with van der Waals surface area (Å²) in [4.78, 5) is 23.5. The minimum absolute atomic E-state index is 0.0366. The Hall–Kier alpha value is -1.88. The average molecular weight is 319 g/mol. The van der Waals surface area contributed by atoms with Gasteiger partial charge in [-0.25, -0.2) is 0 Å². The highest BCUT2D eigenvalue weighted by Gasteiger charge is 2.17. The summed E-state index contributed by atoms with van der Waals surface area (Å²) in [5, 5.41) is 5.40. The van der Waals surface area contributed by atoms with Crippen molar-refractivity contribution in [2.75, 3.05) is 13.1 Å². The minimum Gasteiger partial charge on any atom is -0.354 e. The predicted molar refractivity (Wildman–Crippen MR) is 93.2 cm³/mol. The summed E-state index contributed by atoms with van der Waals surface area (Å²) >= 11 is 0. The smallest absolute Gasteiger partial charge is 0.239 e. The molecular weight excluding hydrogens is 290 g/mol. The van der Waals surface area contributed by atoms with E-state index in [1.54, 1.807) is 0 Å². The Morgan fingerprint density at radius 1 is 1.09 bits per heavy atom. The topological polar surface area (TPSA) is 84.2 Å². The van der Waals surface area contributed by atoms with Crippen molar-refractivity contribution in [2.24, 2.45) is 11.7 Å². The van der Waals surface area contributed by atoms with E-state index in [0.717, 1.165) is 6.42 Å². The summed E-state index contributed by atoms with van der Waals surface area (Å²) in [5.41, 5.74) is 10.7. The molecule has 0 spiro atoms. The molecule has 5 heteroatoms. The molecule has 0 bridgehead atoms. The number of rotatable bonds is 7. The van der Waals surface area contributed by atoms with Crippen molar-refractivity contribution >= 4 is 11.8 Å². The number of carbonyl (C=O) groups is 2. The largest absolute Gasteiger partial charge is 0.354 e. The predicted octanol–water partition coefficient (Wildman–Crippen LogP) is 1.37. The molecule has 0 radical (unpaired) electrons. The first-order valence-corrected chi connectivity index (χ1v) is 8.09. The van der Waals surface area contributed by atoms with Crippen LogP contribution in [0.4, 0.5) is 0 Å². The van der Waals surface area contributed by atoms with E-state index >= 15 is 0 Å². The van der Waals surface area contributed by atoms with Crippen LogP contribution in [0.15, 0.2) is 12.1 Å². The third-order valence-electron chi connectivity index (χ3n) is 3.98. The number of aryl methyl sites for hydroxylation is 3. The monoisotopic (exact) mass is 319 g/mol. The fraction of sp³-hybridized carbons (Fsp3) is 0.556. The minimum atomic E-state index is -0.583. The van der Waals surface area contributed by atoms with Gasteiger partial charge in [-0.1, -0.05) is 31.5 Å². The zero-order valence-corrected chi connectivity index (χ0v) is 14.8. The number of nitrogens with two attached hydrogens (primary N) is 1. The second kappa shape index (κ2) is 8.67. The molecule has 0 unspecified atom stereocenters. The molecular formula is C18H29N3O2. The van der Waals surface area contributed by atoms with Gasteiger partial charge in [0.2, 0.25) is 11.8 Å². The van der Waals surface area contributed by atoms with Crippen molar-refractivity contribution in [2.45, 2.75) is 47.1 Å². The summed E-state index contributed by atoms with van der Waals surface area (Å²) in [6.07, 6.45) is 0.781. The van der Waals surface area contributed by atoms with Gasteiger partial charge in [-0.15, -0.1) is 0 Å². The maximum atomic E-state index is 11.8. The van der Waals surface area contributed by atoms with Crippen LogP contribution in [0.5, 0.6) is 0 Å². The zero-order chi connectivity index (χ0) is 17.6. The van der Waals surface area contributed by atoms with E-state index in [4.69, 9.17) is 5.73 Å². The van der Waals surface area contributed by atoms with Gasteiger partial charge >= 0.3 is 0 Å². The van der Waals surface area contributed by atoms with E-state index in [9.17, 15) is 9.59 Å². The van der Waals surface area contributed by atoms with Gasteiger partial charge in [-0.3, -0.25) is 9.59 Å². The second-order valence-electron chi connectivity index (χ2n) is 6.46. The molecule has 4 N–H and O–H groups in total. The van der Waals surface area contributed by atoms with Gasteiger partial charge in [0.25, 0.3) is 0 Å². The van der Waals surface area contributed by atoms with E-state index in [1.165, 1.54) is 22.3 Å². The fourth-order valence-corrected chi connectivity index (χ4v) is 2.58. The van der Waals surface area contributed by atoms with E-state index < -0.39 is 6.04 Å². The van der Waals surface area contributed by atoms with Gasteiger partial charge in [-0.2, -0.15) is 0 Å². The number of nitrogens with one attached hydrogen (secondary N) is 2. The van der Waals surface area contributed by atoms with Crippen LogP contribution < -0.4 is 16.4 Å². The maximum absolute atomic E-state index is 11.8. The molecule has 0 saturated heterocycles.